The number of nitrogens with one attached hydrogen (secondary N) is 1. The van der Waals surface area contributed by atoms with E-state index in [-0.39, 0.29) is 23.9 Å². The molecule has 0 spiro atoms. The summed E-state index contributed by atoms with van der Waals surface area (Å²) in [6.45, 7) is 8.10. The van der Waals surface area contributed by atoms with Crippen molar-refractivity contribution in [1.29, 1.82) is 0 Å². The second-order valence-electron chi connectivity index (χ2n) is 8.45. The topological polar surface area (TPSA) is 81.3 Å². The van der Waals surface area contributed by atoms with Gasteiger partial charge in [-0.25, -0.2) is 0 Å². The Kier molecular flexibility index (Phi) is 7.01. The predicted molar refractivity (Wildman–Crippen MR) is 134 cm³/mol. The van der Waals surface area contributed by atoms with Crippen LogP contribution in [0, 0.1) is 6.92 Å². The maximum atomic E-state index is 13.3. The van der Waals surface area contributed by atoms with Crippen LogP contribution in [0.4, 0.5) is 0 Å². The first-order chi connectivity index (χ1) is 16.5. The quantitative estimate of drug-likeness (QED) is 0.390. The highest BCUT2D eigenvalue weighted by Gasteiger charge is 2.20. The fourth-order valence-corrected chi connectivity index (χ4v) is 4.06. The van der Waals surface area contributed by atoms with Crippen LogP contribution in [-0.2, 0) is 24.2 Å². The molecule has 0 aliphatic heterocycles. The normalized spacial score (nSPS) is 11.9. The van der Waals surface area contributed by atoms with Gasteiger partial charge in [0, 0.05) is 29.4 Å². The van der Waals surface area contributed by atoms with Gasteiger partial charge in [0.25, 0.3) is 5.56 Å². The molecule has 0 fully saturated rings. The molecule has 0 radical (unpaired) electrons. The van der Waals surface area contributed by atoms with Crippen molar-refractivity contribution in [3.05, 3.63) is 100 Å². The third kappa shape index (κ3) is 4.98. The average molecular weight is 456 g/mol. The van der Waals surface area contributed by atoms with Gasteiger partial charge in [-0.1, -0.05) is 66.7 Å². The first kappa shape index (κ1) is 23.2. The molecule has 34 heavy (non-hydrogen) atoms. The molecular weight excluding hydrogens is 426 g/mol. The molecule has 0 bridgehead atoms. The molecule has 2 aromatic carbocycles. The zero-order chi connectivity index (χ0) is 24.1. The van der Waals surface area contributed by atoms with Crippen molar-refractivity contribution in [1.82, 2.24) is 24.5 Å². The molecule has 4 aromatic rings. The minimum atomic E-state index is -0.324. The van der Waals surface area contributed by atoms with Crippen molar-refractivity contribution in [2.75, 3.05) is 0 Å². The van der Waals surface area contributed by atoms with Crippen molar-refractivity contribution in [3.8, 4) is 11.4 Å². The molecular formula is C27H29N5O2. The number of aryl methyl sites for hydroxylation is 1. The number of carbonyl (C=O) groups is 1. The third-order valence-corrected chi connectivity index (χ3v) is 5.92. The molecule has 4 rings (SSSR count). The van der Waals surface area contributed by atoms with Gasteiger partial charge in [-0.05, 0) is 32.3 Å². The van der Waals surface area contributed by atoms with Crippen LogP contribution in [-0.4, -0.2) is 31.1 Å². The summed E-state index contributed by atoms with van der Waals surface area (Å²) in [6.07, 6.45) is 3.41. The number of allylic oxidation sites excluding steroid dienone is 1. The first-order valence-corrected chi connectivity index (χ1v) is 11.5. The molecule has 0 aliphatic carbocycles. The molecule has 7 nitrogen and oxygen atoms in total. The van der Waals surface area contributed by atoms with Crippen LogP contribution in [0.25, 0.3) is 17.2 Å². The van der Waals surface area contributed by atoms with Crippen LogP contribution in [0.1, 0.15) is 30.2 Å². The van der Waals surface area contributed by atoms with Crippen molar-refractivity contribution in [2.45, 2.75) is 45.7 Å². The number of benzene rings is 2. The second-order valence-corrected chi connectivity index (χ2v) is 8.45. The molecule has 174 valence electrons. The van der Waals surface area contributed by atoms with E-state index in [1.807, 2.05) is 66.9 Å². The summed E-state index contributed by atoms with van der Waals surface area (Å²) >= 11 is 0. The van der Waals surface area contributed by atoms with Crippen molar-refractivity contribution < 1.29 is 4.79 Å². The minimum absolute atomic E-state index is 0.0109. The number of nitrogens with zero attached hydrogens (tertiary/aromatic N) is 4. The number of carbonyl (C=O) groups excluding carboxylic acids is 1. The Balaban J connectivity index is 1.58. The van der Waals surface area contributed by atoms with Gasteiger partial charge in [0.05, 0.1) is 6.42 Å². The summed E-state index contributed by atoms with van der Waals surface area (Å²) < 4.78 is 3.16. The fraction of sp³-hybridized carbons (Fsp3) is 0.259. The summed E-state index contributed by atoms with van der Waals surface area (Å²) in [7, 11) is 0. The van der Waals surface area contributed by atoms with Crippen LogP contribution >= 0.6 is 0 Å². The van der Waals surface area contributed by atoms with Crippen molar-refractivity contribution in [3.63, 3.8) is 0 Å². The van der Waals surface area contributed by atoms with E-state index in [0.29, 0.717) is 29.4 Å². The molecule has 1 N–H and O–H groups in total. The van der Waals surface area contributed by atoms with Gasteiger partial charge in [0.1, 0.15) is 0 Å². The van der Waals surface area contributed by atoms with E-state index < -0.39 is 0 Å². The van der Waals surface area contributed by atoms with Crippen LogP contribution in [0.5, 0.6) is 0 Å². The monoisotopic (exact) mass is 455 g/mol. The van der Waals surface area contributed by atoms with E-state index in [0.717, 1.165) is 18.4 Å². The summed E-state index contributed by atoms with van der Waals surface area (Å²) in [5, 5.41) is 7.50. The molecule has 0 saturated carbocycles. The highest BCUT2D eigenvalue weighted by atomic mass is 16.2. The van der Waals surface area contributed by atoms with Crippen LogP contribution < -0.4 is 10.9 Å². The van der Waals surface area contributed by atoms with E-state index >= 15 is 0 Å². The average Bonchev–Trinajstić information content (AvgIpc) is 3.30. The smallest absolute Gasteiger partial charge is 0.279 e. The molecule has 1 atom stereocenters. The van der Waals surface area contributed by atoms with E-state index in [2.05, 4.69) is 34.1 Å². The standard InChI is InChI=1S/C27H29N5O2/c1-4-17-31-20(3)23(18-24(33)28-19(2)15-16-21-11-7-5-8-12-21)26(34)32-27(31)29-25(30-32)22-13-9-6-10-14-22/h4-14,19H,1,15-18H2,2-3H3,(H,28,33). The van der Waals surface area contributed by atoms with Gasteiger partial charge in [-0.2, -0.15) is 9.50 Å². The number of amides is 1. The first-order valence-electron chi connectivity index (χ1n) is 11.5. The van der Waals surface area contributed by atoms with Crippen LogP contribution in [0.3, 0.4) is 0 Å². The van der Waals surface area contributed by atoms with Crippen molar-refractivity contribution >= 4 is 11.7 Å². The maximum Gasteiger partial charge on any atom is 0.279 e. The Hall–Kier alpha value is -4.00. The van der Waals surface area contributed by atoms with Crippen LogP contribution in [0.15, 0.2) is 78.1 Å². The number of fused-ring (bicyclic) bond motifs is 1. The Morgan fingerprint density at radius 2 is 1.79 bits per heavy atom. The van der Waals surface area contributed by atoms with E-state index in [1.165, 1.54) is 10.1 Å². The zero-order valence-electron chi connectivity index (χ0n) is 19.6. The van der Waals surface area contributed by atoms with E-state index in [4.69, 9.17) is 0 Å². The predicted octanol–water partition coefficient (Wildman–Crippen LogP) is 3.73. The highest BCUT2D eigenvalue weighted by Crippen LogP contribution is 2.17. The number of hydrogen-bond donors (Lipinski definition) is 1. The molecule has 1 unspecified atom stereocenters. The molecule has 2 heterocycles. The fourth-order valence-electron chi connectivity index (χ4n) is 4.06. The van der Waals surface area contributed by atoms with Crippen molar-refractivity contribution in [2.24, 2.45) is 0 Å². The van der Waals surface area contributed by atoms with E-state index in [9.17, 15) is 9.59 Å². The lowest BCUT2D eigenvalue weighted by Crippen LogP contribution is -2.36. The number of aromatic nitrogens is 4. The lowest BCUT2D eigenvalue weighted by atomic mass is 10.1. The Morgan fingerprint density at radius 1 is 1.12 bits per heavy atom. The Bertz CT molecular complexity index is 1360. The summed E-state index contributed by atoms with van der Waals surface area (Å²) in [5.41, 5.74) is 2.83. The SMILES string of the molecule is C=CCn1c(C)c(CC(=O)NC(C)CCc2ccccc2)c(=O)n2nc(-c3ccccc3)nc12. The summed E-state index contributed by atoms with van der Waals surface area (Å²) in [5.74, 6) is 0.710. The van der Waals surface area contributed by atoms with Gasteiger partial charge >= 0.3 is 0 Å². The van der Waals surface area contributed by atoms with Gasteiger partial charge in [0.15, 0.2) is 5.82 Å². The maximum absolute atomic E-state index is 13.3. The molecule has 1 amide bonds. The number of rotatable bonds is 9. The molecule has 0 aliphatic rings. The summed E-state index contributed by atoms with van der Waals surface area (Å²) in [6, 6.07) is 19.7. The van der Waals surface area contributed by atoms with E-state index in [1.54, 1.807) is 6.08 Å². The van der Waals surface area contributed by atoms with Gasteiger partial charge < -0.3 is 9.88 Å². The number of hydrogen-bond acceptors (Lipinski definition) is 4. The van der Waals surface area contributed by atoms with Gasteiger partial charge in [-0.15, -0.1) is 11.7 Å². The van der Waals surface area contributed by atoms with Crippen LogP contribution in [0.2, 0.25) is 0 Å². The van der Waals surface area contributed by atoms with Gasteiger partial charge in [-0.3, -0.25) is 9.59 Å². The largest absolute Gasteiger partial charge is 0.353 e. The summed E-state index contributed by atoms with van der Waals surface area (Å²) in [4.78, 5) is 30.8. The lowest BCUT2D eigenvalue weighted by molar-refractivity contribution is -0.121. The highest BCUT2D eigenvalue weighted by molar-refractivity contribution is 5.79. The lowest BCUT2D eigenvalue weighted by Gasteiger charge is -2.16. The molecule has 7 heteroatoms. The third-order valence-electron chi connectivity index (χ3n) is 5.92. The Morgan fingerprint density at radius 3 is 2.47 bits per heavy atom. The van der Waals surface area contributed by atoms with Gasteiger partial charge in [0.2, 0.25) is 11.7 Å². The minimum Gasteiger partial charge on any atom is -0.353 e. The second kappa shape index (κ2) is 10.3. The molecule has 2 aromatic heterocycles. The molecule has 0 saturated heterocycles. The zero-order valence-corrected chi connectivity index (χ0v) is 19.6. The Labute approximate surface area is 198 Å².